The molecule has 2 aliphatic rings. The summed E-state index contributed by atoms with van der Waals surface area (Å²) in [5.74, 6) is 2.40. The standard InChI is InChI=1S/C17H22O/c1-11-7-8-12(2)13(9-11)10-16(18)17-14-5-3-4-6-15(14)17/h7-9,14-15,17H,3-6,10H2,1-2H3. The summed E-state index contributed by atoms with van der Waals surface area (Å²) in [6.45, 7) is 4.21. The fourth-order valence-electron chi connectivity index (χ4n) is 3.77. The summed E-state index contributed by atoms with van der Waals surface area (Å²) in [4.78, 5) is 12.4. The van der Waals surface area contributed by atoms with Crippen molar-refractivity contribution in [3.8, 4) is 0 Å². The van der Waals surface area contributed by atoms with Gasteiger partial charge in [0.05, 0.1) is 0 Å². The molecule has 1 aromatic carbocycles. The minimum atomic E-state index is 0.410. The number of carbonyl (C=O) groups is 1. The van der Waals surface area contributed by atoms with Gasteiger partial charge in [-0.2, -0.15) is 0 Å². The fourth-order valence-corrected chi connectivity index (χ4v) is 3.77. The van der Waals surface area contributed by atoms with Gasteiger partial charge in [-0.15, -0.1) is 0 Å². The number of Topliss-reactive ketones (excluding diaryl/α,β-unsaturated/α-hetero) is 1. The Hall–Kier alpha value is -1.11. The van der Waals surface area contributed by atoms with E-state index < -0.39 is 0 Å². The van der Waals surface area contributed by atoms with Gasteiger partial charge in [0.1, 0.15) is 5.78 Å². The number of hydrogen-bond acceptors (Lipinski definition) is 1. The summed E-state index contributed by atoms with van der Waals surface area (Å²) in [6.07, 6.45) is 5.94. The Morgan fingerprint density at radius 2 is 1.83 bits per heavy atom. The van der Waals surface area contributed by atoms with E-state index in [-0.39, 0.29) is 0 Å². The van der Waals surface area contributed by atoms with Crippen molar-refractivity contribution >= 4 is 5.78 Å². The van der Waals surface area contributed by atoms with Gasteiger partial charge < -0.3 is 0 Å². The second-order valence-corrected chi connectivity index (χ2v) is 6.21. The Morgan fingerprint density at radius 1 is 1.17 bits per heavy atom. The Kier molecular flexibility index (Phi) is 3.01. The van der Waals surface area contributed by atoms with Gasteiger partial charge in [-0.25, -0.2) is 0 Å². The van der Waals surface area contributed by atoms with E-state index >= 15 is 0 Å². The molecule has 0 heterocycles. The first kappa shape index (κ1) is 12.0. The SMILES string of the molecule is Cc1ccc(C)c(CC(=O)C2C3CCCCC32)c1. The molecule has 0 aliphatic heterocycles. The van der Waals surface area contributed by atoms with Gasteiger partial charge in [-0.05, 0) is 49.7 Å². The highest BCUT2D eigenvalue weighted by Gasteiger charge is 2.53. The summed E-state index contributed by atoms with van der Waals surface area (Å²) in [5.41, 5.74) is 3.76. The van der Waals surface area contributed by atoms with Crippen LogP contribution in [-0.4, -0.2) is 5.78 Å². The summed E-state index contributed by atoms with van der Waals surface area (Å²) in [5, 5.41) is 0. The Labute approximate surface area is 110 Å². The lowest BCUT2D eigenvalue weighted by Crippen LogP contribution is -2.08. The zero-order valence-electron chi connectivity index (χ0n) is 11.4. The molecule has 96 valence electrons. The van der Waals surface area contributed by atoms with Crippen LogP contribution in [0.15, 0.2) is 18.2 Å². The summed E-state index contributed by atoms with van der Waals surface area (Å²) in [6, 6.07) is 6.44. The van der Waals surface area contributed by atoms with Crippen molar-refractivity contribution in [1.82, 2.24) is 0 Å². The molecule has 0 saturated heterocycles. The molecule has 3 rings (SSSR count). The van der Waals surface area contributed by atoms with Crippen LogP contribution in [0.4, 0.5) is 0 Å². The molecule has 1 nitrogen and oxygen atoms in total. The average molecular weight is 242 g/mol. The van der Waals surface area contributed by atoms with Crippen LogP contribution < -0.4 is 0 Å². The molecule has 2 saturated carbocycles. The first-order valence-electron chi connectivity index (χ1n) is 7.25. The quantitative estimate of drug-likeness (QED) is 0.786. The number of fused-ring (bicyclic) bond motifs is 1. The molecule has 0 radical (unpaired) electrons. The Balaban J connectivity index is 1.69. The normalized spacial score (nSPS) is 29.8. The minimum Gasteiger partial charge on any atom is -0.299 e. The zero-order valence-corrected chi connectivity index (χ0v) is 11.4. The molecular weight excluding hydrogens is 220 g/mol. The first-order chi connectivity index (χ1) is 8.66. The van der Waals surface area contributed by atoms with Crippen LogP contribution in [0.2, 0.25) is 0 Å². The lowest BCUT2D eigenvalue weighted by Gasteiger charge is -2.06. The van der Waals surface area contributed by atoms with E-state index in [0.29, 0.717) is 18.1 Å². The van der Waals surface area contributed by atoms with Gasteiger partial charge in [-0.1, -0.05) is 36.6 Å². The number of benzene rings is 1. The van der Waals surface area contributed by atoms with E-state index in [2.05, 4.69) is 32.0 Å². The molecule has 18 heavy (non-hydrogen) atoms. The molecule has 0 aromatic heterocycles. The van der Waals surface area contributed by atoms with Gasteiger partial charge in [-0.3, -0.25) is 4.79 Å². The Bertz CT molecular complexity index is 462. The molecular formula is C17H22O. The largest absolute Gasteiger partial charge is 0.299 e. The van der Waals surface area contributed by atoms with Crippen molar-refractivity contribution in [2.75, 3.05) is 0 Å². The number of aryl methyl sites for hydroxylation is 2. The zero-order chi connectivity index (χ0) is 12.7. The average Bonchev–Trinajstić information content (AvgIpc) is 3.08. The highest BCUT2D eigenvalue weighted by Crippen LogP contribution is 2.56. The number of carbonyl (C=O) groups excluding carboxylic acids is 1. The second-order valence-electron chi connectivity index (χ2n) is 6.21. The fraction of sp³-hybridized carbons (Fsp3) is 0.588. The maximum absolute atomic E-state index is 12.4. The third-order valence-electron chi connectivity index (χ3n) is 4.90. The third-order valence-corrected chi connectivity index (χ3v) is 4.90. The smallest absolute Gasteiger partial charge is 0.140 e. The van der Waals surface area contributed by atoms with Gasteiger partial charge >= 0.3 is 0 Å². The molecule has 0 spiro atoms. The van der Waals surface area contributed by atoms with Crippen LogP contribution in [0.5, 0.6) is 0 Å². The molecule has 2 atom stereocenters. The van der Waals surface area contributed by atoms with Crippen LogP contribution in [0.25, 0.3) is 0 Å². The Morgan fingerprint density at radius 3 is 2.50 bits per heavy atom. The summed E-state index contributed by atoms with van der Waals surface area (Å²) in [7, 11) is 0. The highest BCUT2D eigenvalue weighted by molar-refractivity contribution is 5.86. The predicted octanol–water partition coefficient (Wildman–Crippen LogP) is 3.85. The van der Waals surface area contributed by atoms with Crippen molar-refractivity contribution in [3.05, 3.63) is 34.9 Å². The van der Waals surface area contributed by atoms with Crippen LogP contribution >= 0.6 is 0 Å². The molecule has 1 heteroatoms. The van der Waals surface area contributed by atoms with E-state index in [1.165, 1.54) is 42.4 Å². The van der Waals surface area contributed by atoms with Gasteiger partial charge in [0.15, 0.2) is 0 Å². The van der Waals surface area contributed by atoms with Crippen LogP contribution in [-0.2, 0) is 11.2 Å². The third kappa shape index (κ3) is 2.11. The molecule has 2 aliphatic carbocycles. The van der Waals surface area contributed by atoms with Crippen molar-refractivity contribution in [1.29, 1.82) is 0 Å². The van der Waals surface area contributed by atoms with E-state index in [1.807, 2.05) is 0 Å². The highest BCUT2D eigenvalue weighted by atomic mass is 16.1. The van der Waals surface area contributed by atoms with E-state index in [9.17, 15) is 4.79 Å². The predicted molar refractivity (Wildman–Crippen MR) is 73.6 cm³/mol. The lowest BCUT2D eigenvalue weighted by molar-refractivity contribution is -0.120. The lowest BCUT2D eigenvalue weighted by atomic mass is 9.98. The topological polar surface area (TPSA) is 17.1 Å². The molecule has 2 fully saturated rings. The maximum Gasteiger partial charge on any atom is 0.140 e. The van der Waals surface area contributed by atoms with Gasteiger partial charge in [0.2, 0.25) is 0 Å². The monoisotopic (exact) mass is 242 g/mol. The molecule has 0 amide bonds. The molecule has 1 aromatic rings. The van der Waals surface area contributed by atoms with Crippen LogP contribution in [0.3, 0.4) is 0 Å². The number of hydrogen-bond donors (Lipinski definition) is 0. The second kappa shape index (κ2) is 4.53. The van der Waals surface area contributed by atoms with Crippen molar-refractivity contribution in [2.45, 2.75) is 46.0 Å². The first-order valence-corrected chi connectivity index (χ1v) is 7.25. The molecule has 0 bridgehead atoms. The van der Waals surface area contributed by atoms with Crippen molar-refractivity contribution in [3.63, 3.8) is 0 Å². The van der Waals surface area contributed by atoms with Crippen molar-refractivity contribution < 1.29 is 4.79 Å². The van der Waals surface area contributed by atoms with Crippen LogP contribution in [0, 0.1) is 31.6 Å². The maximum atomic E-state index is 12.4. The van der Waals surface area contributed by atoms with E-state index in [4.69, 9.17) is 0 Å². The molecule has 2 unspecified atom stereocenters. The van der Waals surface area contributed by atoms with Gasteiger partial charge in [0.25, 0.3) is 0 Å². The van der Waals surface area contributed by atoms with Crippen molar-refractivity contribution in [2.24, 2.45) is 17.8 Å². The molecule has 0 N–H and O–H groups in total. The van der Waals surface area contributed by atoms with Gasteiger partial charge in [0, 0.05) is 12.3 Å². The summed E-state index contributed by atoms with van der Waals surface area (Å²) < 4.78 is 0. The minimum absolute atomic E-state index is 0.410. The van der Waals surface area contributed by atoms with E-state index in [0.717, 1.165) is 11.8 Å². The number of ketones is 1. The number of rotatable bonds is 3. The van der Waals surface area contributed by atoms with E-state index in [1.54, 1.807) is 0 Å². The van der Waals surface area contributed by atoms with Crippen LogP contribution in [0.1, 0.15) is 42.4 Å². The summed E-state index contributed by atoms with van der Waals surface area (Å²) >= 11 is 0.